The van der Waals surface area contributed by atoms with E-state index in [0.717, 1.165) is 26.1 Å². The fourth-order valence-electron chi connectivity index (χ4n) is 3.03. The molecule has 1 fully saturated rings. The SMILES string of the molecule is CC(C)(C)NC(=O)CN1CCCN(CC(=O)Nc2cc(F)cc(Cl)c2)CC1. The van der Waals surface area contributed by atoms with Crippen molar-refractivity contribution >= 4 is 29.1 Å². The Morgan fingerprint density at radius 3 is 2.19 bits per heavy atom. The maximum absolute atomic E-state index is 13.4. The van der Waals surface area contributed by atoms with Crippen molar-refractivity contribution in [3.63, 3.8) is 0 Å². The van der Waals surface area contributed by atoms with E-state index in [-0.39, 0.29) is 28.9 Å². The summed E-state index contributed by atoms with van der Waals surface area (Å²) in [6, 6.07) is 3.94. The predicted molar refractivity (Wildman–Crippen MR) is 105 cm³/mol. The summed E-state index contributed by atoms with van der Waals surface area (Å²) in [5.41, 5.74) is 0.104. The lowest BCUT2D eigenvalue weighted by Crippen LogP contribution is -2.46. The molecule has 0 aromatic heterocycles. The monoisotopic (exact) mass is 398 g/mol. The van der Waals surface area contributed by atoms with Crippen molar-refractivity contribution in [1.82, 2.24) is 15.1 Å². The predicted octanol–water partition coefficient (Wildman–Crippen LogP) is 2.34. The van der Waals surface area contributed by atoms with Gasteiger partial charge < -0.3 is 10.6 Å². The van der Waals surface area contributed by atoms with Crippen LogP contribution < -0.4 is 10.6 Å². The van der Waals surface area contributed by atoms with Gasteiger partial charge in [0.2, 0.25) is 11.8 Å². The van der Waals surface area contributed by atoms with Crippen molar-refractivity contribution in [3.05, 3.63) is 29.0 Å². The Morgan fingerprint density at radius 2 is 1.63 bits per heavy atom. The molecule has 0 radical (unpaired) electrons. The topological polar surface area (TPSA) is 64.7 Å². The number of nitrogens with zero attached hydrogens (tertiary/aromatic N) is 2. The van der Waals surface area contributed by atoms with Gasteiger partial charge in [0.25, 0.3) is 0 Å². The van der Waals surface area contributed by atoms with Crippen molar-refractivity contribution < 1.29 is 14.0 Å². The molecule has 8 heteroatoms. The van der Waals surface area contributed by atoms with Crippen LogP contribution in [0.15, 0.2) is 18.2 Å². The second-order valence-electron chi connectivity index (χ2n) is 7.91. The van der Waals surface area contributed by atoms with Gasteiger partial charge in [0.15, 0.2) is 0 Å². The van der Waals surface area contributed by atoms with E-state index in [9.17, 15) is 14.0 Å². The van der Waals surface area contributed by atoms with Crippen LogP contribution in [-0.2, 0) is 9.59 Å². The molecule has 0 saturated carbocycles. The van der Waals surface area contributed by atoms with Crippen LogP contribution in [0, 0.1) is 5.82 Å². The highest BCUT2D eigenvalue weighted by Crippen LogP contribution is 2.18. The number of anilines is 1. The largest absolute Gasteiger partial charge is 0.350 e. The molecule has 150 valence electrons. The third-order valence-electron chi connectivity index (χ3n) is 4.08. The van der Waals surface area contributed by atoms with Gasteiger partial charge >= 0.3 is 0 Å². The van der Waals surface area contributed by atoms with Gasteiger partial charge in [-0.15, -0.1) is 0 Å². The van der Waals surface area contributed by atoms with Crippen LogP contribution in [-0.4, -0.2) is 66.4 Å². The molecule has 1 heterocycles. The second kappa shape index (κ2) is 9.48. The number of amides is 2. The van der Waals surface area contributed by atoms with Crippen LogP contribution in [0.2, 0.25) is 5.02 Å². The molecular weight excluding hydrogens is 371 g/mol. The summed E-state index contributed by atoms with van der Waals surface area (Å²) in [7, 11) is 0. The molecule has 1 aliphatic heterocycles. The Bertz CT molecular complexity index is 658. The Balaban J connectivity index is 1.80. The third kappa shape index (κ3) is 8.24. The Morgan fingerprint density at radius 1 is 1.04 bits per heavy atom. The molecule has 1 saturated heterocycles. The van der Waals surface area contributed by atoms with E-state index in [2.05, 4.69) is 15.5 Å². The molecule has 2 amide bonds. The molecule has 0 unspecified atom stereocenters. The number of benzene rings is 1. The molecule has 1 aromatic carbocycles. The van der Waals surface area contributed by atoms with Gasteiger partial charge in [-0.25, -0.2) is 4.39 Å². The maximum atomic E-state index is 13.4. The van der Waals surface area contributed by atoms with E-state index in [4.69, 9.17) is 11.6 Å². The van der Waals surface area contributed by atoms with E-state index < -0.39 is 5.82 Å². The van der Waals surface area contributed by atoms with Crippen LogP contribution in [0.5, 0.6) is 0 Å². The average molecular weight is 399 g/mol. The zero-order valence-electron chi connectivity index (χ0n) is 16.1. The highest BCUT2D eigenvalue weighted by atomic mass is 35.5. The van der Waals surface area contributed by atoms with Gasteiger partial charge in [0.05, 0.1) is 13.1 Å². The minimum atomic E-state index is -0.489. The van der Waals surface area contributed by atoms with E-state index in [1.54, 1.807) is 0 Å². The Hall–Kier alpha value is -1.70. The zero-order valence-corrected chi connectivity index (χ0v) is 16.9. The molecule has 1 aromatic rings. The number of carbonyl (C=O) groups excluding carboxylic acids is 2. The molecule has 2 N–H and O–H groups in total. The summed E-state index contributed by atoms with van der Waals surface area (Å²) in [6.45, 7) is 9.45. The summed E-state index contributed by atoms with van der Waals surface area (Å²) in [5, 5.41) is 5.88. The van der Waals surface area contributed by atoms with E-state index in [0.29, 0.717) is 18.8 Å². The van der Waals surface area contributed by atoms with Crippen molar-refractivity contribution in [3.8, 4) is 0 Å². The van der Waals surface area contributed by atoms with E-state index in [1.807, 2.05) is 25.7 Å². The summed E-state index contributed by atoms with van der Waals surface area (Å²) in [6.07, 6.45) is 0.877. The average Bonchev–Trinajstić information content (AvgIpc) is 2.69. The molecule has 1 aliphatic rings. The van der Waals surface area contributed by atoms with Crippen LogP contribution in [0.4, 0.5) is 10.1 Å². The number of hydrogen-bond donors (Lipinski definition) is 2. The summed E-state index contributed by atoms with van der Waals surface area (Å²) in [4.78, 5) is 28.5. The standard InChI is InChI=1S/C19H28ClFN4O2/c1-19(2,3)23-18(27)13-25-6-4-5-24(7-8-25)12-17(26)22-16-10-14(20)9-15(21)11-16/h9-11H,4-8,12-13H2,1-3H3,(H,22,26)(H,23,27). The quantitative estimate of drug-likeness (QED) is 0.799. The van der Waals surface area contributed by atoms with Crippen LogP contribution >= 0.6 is 11.6 Å². The van der Waals surface area contributed by atoms with Crippen LogP contribution in [0.3, 0.4) is 0 Å². The van der Waals surface area contributed by atoms with Gasteiger partial charge in [-0.05, 0) is 58.5 Å². The van der Waals surface area contributed by atoms with Gasteiger partial charge in [-0.1, -0.05) is 11.6 Å². The van der Waals surface area contributed by atoms with Crippen molar-refractivity contribution in [2.45, 2.75) is 32.7 Å². The number of nitrogens with one attached hydrogen (secondary N) is 2. The normalized spacial score (nSPS) is 16.6. The van der Waals surface area contributed by atoms with E-state index >= 15 is 0 Å². The lowest BCUT2D eigenvalue weighted by molar-refractivity contribution is -0.123. The molecule has 27 heavy (non-hydrogen) atoms. The Kier molecular flexibility index (Phi) is 7.59. The minimum absolute atomic E-state index is 0.0108. The first-order chi connectivity index (χ1) is 12.6. The molecule has 0 aliphatic carbocycles. The van der Waals surface area contributed by atoms with Gasteiger partial charge in [-0.2, -0.15) is 0 Å². The number of halogens is 2. The number of carbonyl (C=O) groups is 2. The molecule has 6 nitrogen and oxygen atoms in total. The van der Waals surface area contributed by atoms with Crippen LogP contribution in [0.25, 0.3) is 0 Å². The third-order valence-corrected chi connectivity index (χ3v) is 4.29. The lowest BCUT2D eigenvalue weighted by Gasteiger charge is -2.25. The molecular formula is C19H28ClFN4O2. The first-order valence-electron chi connectivity index (χ1n) is 9.12. The lowest BCUT2D eigenvalue weighted by atomic mass is 10.1. The van der Waals surface area contributed by atoms with Crippen molar-refractivity contribution in [2.75, 3.05) is 44.6 Å². The van der Waals surface area contributed by atoms with Gasteiger partial charge in [0, 0.05) is 29.3 Å². The maximum Gasteiger partial charge on any atom is 0.238 e. The van der Waals surface area contributed by atoms with Gasteiger partial charge in [-0.3, -0.25) is 19.4 Å². The Labute approximate surface area is 165 Å². The highest BCUT2D eigenvalue weighted by Gasteiger charge is 2.21. The second-order valence-corrected chi connectivity index (χ2v) is 8.35. The number of hydrogen-bond acceptors (Lipinski definition) is 4. The molecule has 2 rings (SSSR count). The first-order valence-corrected chi connectivity index (χ1v) is 9.50. The fraction of sp³-hybridized carbons (Fsp3) is 0.579. The fourth-order valence-corrected chi connectivity index (χ4v) is 3.25. The van der Waals surface area contributed by atoms with Crippen molar-refractivity contribution in [1.29, 1.82) is 0 Å². The smallest absolute Gasteiger partial charge is 0.238 e. The summed E-state index contributed by atoms with van der Waals surface area (Å²) >= 11 is 5.80. The molecule has 0 atom stereocenters. The minimum Gasteiger partial charge on any atom is -0.350 e. The van der Waals surface area contributed by atoms with Gasteiger partial charge in [0.1, 0.15) is 5.82 Å². The molecule has 0 spiro atoms. The highest BCUT2D eigenvalue weighted by molar-refractivity contribution is 6.30. The zero-order chi connectivity index (χ0) is 20.0. The summed E-state index contributed by atoms with van der Waals surface area (Å²) < 4.78 is 13.4. The van der Waals surface area contributed by atoms with Crippen molar-refractivity contribution in [2.24, 2.45) is 0 Å². The van der Waals surface area contributed by atoms with Crippen LogP contribution in [0.1, 0.15) is 27.2 Å². The first kappa shape index (κ1) is 21.6. The molecule has 0 bridgehead atoms. The summed E-state index contributed by atoms with van der Waals surface area (Å²) in [5.74, 6) is -0.691. The number of rotatable bonds is 5. The van der Waals surface area contributed by atoms with E-state index in [1.165, 1.54) is 18.2 Å².